The molecular weight excluding hydrogens is 220 g/mol. The van der Waals surface area contributed by atoms with Crippen LogP contribution in [0.15, 0.2) is 24.3 Å². The van der Waals surface area contributed by atoms with Crippen LogP contribution in [0.5, 0.6) is 0 Å². The summed E-state index contributed by atoms with van der Waals surface area (Å²) in [5.41, 5.74) is 6.88. The zero-order valence-electron chi connectivity index (χ0n) is 9.69. The second-order valence-electron chi connectivity index (χ2n) is 3.80. The molecule has 0 aromatic heterocycles. The first-order valence-corrected chi connectivity index (χ1v) is 6.64. The van der Waals surface area contributed by atoms with Crippen LogP contribution < -0.4 is 11.1 Å². The number of amides is 1. The Balaban J connectivity index is 2.54. The number of rotatable bonds is 6. The zero-order valence-corrected chi connectivity index (χ0v) is 10.5. The zero-order chi connectivity index (χ0) is 12.0. The van der Waals surface area contributed by atoms with E-state index in [0.29, 0.717) is 11.6 Å². The maximum Gasteiger partial charge on any atom is 0.248 e. The molecule has 0 heterocycles. The van der Waals surface area contributed by atoms with Crippen LogP contribution in [-0.2, 0) is 6.54 Å². The predicted molar refractivity (Wildman–Crippen MR) is 69.6 cm³/mol. The second kappa shape index (κ2) is 6.55. The fourth-order valence-corrected chi connectivity index (χ4v) is 2.05. The van der Waals surface area contributed by atoms with Crippen molar-refractivity contribution in [2.24, 2.45) is 5.73 Å². The Morgan fingerprint density at radius 2 is 2.31 bits per heavy atom. The van der Waals surface area contributed by atoms with E-state index in [2.05, 4.69) is 18.5 Å². The van der Waals surface area contributed by atoms with E-state index in [4.69, 9.17) is 5.73 Å². The van der Waals surface area contributed by atoms with Crippen LogP contribution in [0, 0.1) is 0 Å². The van der Waals surface area contributed by atoms with Gasteiger partial charge < -0.3 is 11.1 Å². The first-order chi connectivity index (χ1) is 7.63. The Hall–Kier alpha value is -1.00. The number of hydrogen-bond donors (Lipinski definition) is 2. The van der Waals surface area contributed by atoms with Gasteiger partial charge in [0.05, 0.1) is 0 Å². The minimum Gasteiger partial charge on any atom is -0.366 e. The van der Waals surface area contributed by atoms with Gasteiger partial charge in [-0.05, 0) is 30.9 Å². The molecule has 1 aromatic rings. The van der Waals surface area contributed by atoms with Crippen molar-refractivity contribution in [3.05, 3.63) is 35.4 Å². The lowest BCUT2D eigenvalue weighted by atomic mass is 10.1. The molecule has 3 nitrogen and oxygen atoms in total. The summed E-state index contributed by atoms with van der Waals surface area (Å²) >= 11 is 1.82. The van der Waals surface area contributed by atoms with Crippen molar-refractivity contribution in [2.75, 3.05) is 12.0 Å². The fourth-order valence-electron chi connectivity index (χ4n) is 1.44. The molecule has 0 aliphatic carbocycles. The van der Waals surface area contributed by atoms with Crippen LogP contribution in [0.2, 0.25) is 0 Å². The van der Waals surface area contributed by atoms with Crippen LogP contribution >= 0.6 is 11.8 Å². The third-order valence-corrected chi connectivity index (χ3v) is 3.12. The van der Waals surface area contributed by atoms with Crippen molar-refractivity contribution in [1.82, 2.24) is 5.32 Å². The monoisotopic (exact) mass is 238 g/mol. The van der Waals surface area contributed by atoms with Crippen LogP contribution in [0.4, 0.5) is 0 Å². The van der Waals surface area contributed by atoms with Gasteiger partial charge in [0, 0.05) is 23.9 Å². The second-order valence-corrected chi connectivity index (χ2v) is 4.71. The Bertz CT molecular complexity index is 355. The third kappa shape index (κ3) is 4.24. The predicted octanol–water partition coefficient (Wildman–Crippen LogP) is 1.63. The molecule has 0 saturated carbocycles. The summed E-state index contributed by atoms with van der Waals surface area (Å²) in [4.78, 5) is 11.0. The smallest absolute Gasteiger partial charge is 0.248 e. The van der Waals surface area contributed by atoms with Gasteiger partial charge >= 0.3 is 0 Å². The molecule has 88 valence electrons. The summed E-state index contributed by atoms with van der Waals surface area (Å²) in [5, 5.41) is 3.39. The fraction of sp³-hybridized carbons (Fsp3) is 0.417. The molecule has 0 aliphatic rings. The van der Waals surface area contributed by atoms with Crippen molar-refractivity contribution < 1.29 is 4.79 Å². The molecule has 4 heteroatoms. The van der Waals surface area contributed by atoms with E-state index in [1.54, 1.807) is 6.07 Å². The number of hydrogen-bond acceptors (Lipinski definition) is 3. The molecule has 1 amide bonds. The molecular formula is C12H18N2OS. The normalized spacial score (nSPS) is 12.4. The van der Waals surface area contributed by atoms with Crippen LogP contribution in [0.25, 0.3) is 0 Å². The van der Waals surface area contributed by atoms with E-state index < -0.39 is 0 Å². The molecule has 1 rings (SSSR count). The number of thioether (sulfide) groups is 1. The Morgan fingerprint density at radius 3 is 2.94 bits per heavy atom. The third-order valence-electron chi connectivity index (χ3n) is 2.28. The van der Waals surface area contributed by atoms with Crippen molar-refractivity contribution in [1.29, 1.82) is 0 Å². The van der Waals surface area contributed by atoms with Gasteiger partial charge in [0.25, 0.3) is 0 Å². The van der Waals surface area contributed by atoms with E-state index in [1.165, 1.54) is 0 Å². The molecule has 0 spiro atoms. The van der Waals surface area contributed by atoms with Crippen LogP contribution in [-0.4, -0.2) is 24.0 Å². The van der Waals surface area contributed by atoms with Gasteiger partial charge in [0.2, 0.25) is 5.91 Å². The van der Waals surface area contributed by atoms with E-state index in [9.17, 15) is 4.79 Å². The minimum atomic E-state index is -0.376. The van der Waals surface area contributed by atoms with Gasteiger partial charge in [-0.25, -0.2) is 0 Å². The number of nitrogens with one attached hydrogen (secondary N) is 1. The average molecular weight is 238 g/mol. The van der Waals surface area contributed by atoms with E-state index in [1.807, 2.05) is 30.0 Å². The first kappa shape index (κ1) is 13.1. The van der Waals surface area contributed by atoms with E-state index >= 15 is 0 Å². The lowest BCUT2D eigenvalue weighted by Crippen LogP contribution is -2.27. The average Bonchev–Trinajstić information content (AvgIpc) is 2.27. The molecule has 1 unspecified atom stereocenters. The van der Waals surface area contributed by atoms with Crippen molar-refractivity contribution >= 4 is 17.7 Å². The number of nitrogens with two attached hydrogens (primary N) is 1. The summed E-state index contributed by atoms with van der Waals surface area (Å²) < 4.78 is 0. The number of primary amides is 1. The van der Waals surface area contributed by atoms with E-state index in [-0.39, 0.29) is 5.91 Å². The maximum atomic E-state index is 11.0. The highest BCUT2D eigenvalue weighted by Crippen LogP contribution is 2.05. The standard InChI is InChI=1S/C12H18N2OS/c1-9(8-16-2)14-7-10-4-3-5-11(6-10)12(13)15/h3-6,9,14H,7-8H2,1-2H3,(H2,13,15). The number of carbonyl (C=O) groups is 1. The Kier molecular flexibility index (Phi) is 5.35. The van der Waals surface area contributed by atoms with Gasteiger partial charge in [-0.3, -0.25) is 4.79 Å². The number of benzene rings is 1. The highest BCUT2D eigenvalue weighted by atomic mass is 32.2. The molecule has 1 atom stereocenters. The minimum absolute atomic E-state index is 0.376. The molecule has 0 fully saturated rings. The van der Waals surface area contributed by atoms with Crippen molar-refractivity contribution in [2.45, 2.75) is 19.5 Å². The summed E-state index contributed by atoms with van der Waals surface area (Å²) in [7, 11) is 0. The van der Waals surface area contributed by atoms with Crippen molar-refractivity contribution in [3.8, 4) is 0 Å². The quantitative estimate of drug-likeness (QED) is 0.792. The van der Waals surface area contributed by atoms with Crippen LogP contribution in [0.1, 0.15) is 22.8 Å². The molecule has 0 bridgehead atoms. The highest BCUT2D eigenvalue weighted by Gasteiger charge is 2.03. The summed E-state index contributed by atoms with van der Waals surface area (Å²) in [6.45, 7) is 2.91. The van der Waals surface area contributed by atoms with Gasteiger partial charge in [-0.15, -0.1) is 0 Å². The lowest BCUT2D eigenvalue weighted by Gasteiger charge is -2.12. The van der Waals surface area contributed by atoms with Gasteiger partial charge in [-0.1, -0.05) is 12.1 Å². The largest absolute Gasteiger partial charge is 0.366 e. The summed E-state index contributed by atoms with van der Waals surface area (Å²) in [6.07, 6.45) is 2.09. The van der Waals surface area contributed by atoms with Crippen molar-refractivity contribution in [3.63, 3.8) is 0 Å². The summed E-state index contributed by atoms with van der Waals surface area (Å²) in [6, 6.07) is 7.88. The SMILES string of the molecule is CSCC(C)NCc1cccc(C(N)=O)c1. The maximum absolute atomic E-state index is 11.0. The molecule has 3 N–H and O–H groups in total. The number of carbonyl (C=O) groups excluding carboxylic acids is 1. The Labute approximate surface area is 101 Å². The molecule has 16 heavy (non-hydrogen) atoms. The summed E-state index contributed by atoms with van der Waals surface area (Å²) in [5.74, 6) is 0.703. The van der Waals surface area contributed by atoms with Gasteiger partial charge in [-0.2, -0.15) is 11.8 Å². The molecule has 1 aromatic carbocycles. The van der Waals surface area contributed by atoms with Crippen LogP contribution in [0.3, 0.4) is 0 Å². The molecule has 0 radical (unpaired) electrons. The first-order valence-electron chi connectivity index (χ1n) is 5.24. The molecule has 0 aliphatic heterocycles. The molecule has 0 saturated heterocycles. The topological polar surface area (TPSA) is 55.1 Å². The van der Waals surface area contributed by atoms with Gasteiger partial charge in [0.1, 0.15) is 0 Å². The lowest BCUT2D eigenvalue weighted by molar-refractivity contribution is 0.1000. The van der Waals surface area contributed by atoms with E-state index in [0.717, 1.165) is 17.9 Å². The Morgan fingerprint density at radius 1 is 1.56 bits per heavy atom. The highest BCUT2D eigenvalue weighted by molar-refractivity contribution is 7.98. The van der Waals surface area contributed by atoms with Gasteiger partial charge in [0.15, 0.2) is 0 Å².